The van der Waals surface area contributed by atoms with Crippen LogP contribution in [0.25, 0.3) is 0 Å². The summed E-state index contributed by atoms with van der Waals surface area (Å²) in [6.45, 7) is -0.586. The number of nitrogens with zero attached hydrogens (tertiary/aromatic N) is 1. The number of esters is 1. The maximum Gasteiger partial charge on any atom is 0.330 e. The van der Waals surface area contributed by atoms with Gasteiger partial charge in [-0.15, -0.1) is 0 Å². The van der Waals surface area contributed by atoms with Crippen molar-refractivity contribution in [2.45, 2.75) is 6.04 Å². The SMILES string of the molecule is COC(=O)C(CO)Nc1cc(F)cc([N+](=O)[O-])c1. The summed E-state index contributed by atoms with van der Waals surface area (Å²) in [6.07, 6.45) is 0. The Balaban J connectivity index is 2.96. The number of carbonyl (C=O) groups excluding carboxylic acids is 1. The first-order chi connectivity index (χ1) is 8.47. The van der Waals surface area contributed by atoms with Crippen molar-refractivity contribution < 1.29 is 24.0 Å². The van der Waals surface area contributed by atoms with Gasteiger partial charge in [-0.1, -0.05) is 0 Å². The number of non-ortho nitro benzene ring substituents is 1. The van der Waals surface area contributed by atoms with E-state index in [2.05, 4.69) is 10.1 Å². The maximum atomic E-state index is 13.1. The molecule has 0 radical (unpaired) electrons. The van der Waals surface area contributed by atoms with Crippen LogP contribution >= 0.6 is 0 Å². The number of hydrogen-bond acceptors (Lipinski definition) is 6. The lowest BCUT2D eigenvalue weighted by atomic mass is 10.2. The molecule has 18 heavy (non-hydrogen) atoms. The van der Waals surface area contributed by atoms with Gasteiger partial charge in [0.2, 0.25) is 0 Å². The minimum absolute atomic E-state index is 0.00569. The molecule has 1 atom stereocenters. The van der Waals surface area contributed by atoms with Crippen LogP contribution in [0.1, 0.15) is 0 Å². The average Bonchev–Trinajstić information content (AvgIpc) is 2.34. The van der Waals surface area contributed by atoms with Crippen molar-refractivity contribution in [1.82, 2.24) is 0 Å². The first-order valence-corrected chi connectivity index (χ1v) is 4.88. The highest BCUT2D eigenvalue weighted by Crippen LogP contribution is 2.20. The van der Waals surface area contributed by atoms with Gasteiger partial charge in [-0.2, -0.15) is 0 Å². The Hall–Kier alpha value is -2.22. The third kappa shape index (κ3) is 3.39. The number of anilines is 1. The number of hydrogen-bond donors (Lipinski definition) is 2. The topological polar surface area (TPSA) is 102 Å². The smallest absolute Gasteiger partial charge is 0.330 e. The van der Waals surface area contributed by atoms with Crippen LogP contribution < -0.4 is 5.32 Å². The molecule has 98 valence electrons. The maximum absolute atomic E-state index is 13.1. The molecule has 0 spiro atoms. The molecule has 0 aromatic heterocycles. The number of aliphatic hydroxyl groups is 1. The van der Waals surface area contributed by atoms with Crippen molar-refractivity contribution in [2.24, 2.45) is 0 Å². The molecular formula is C10H11FN2O5. The summed E-state index contributed by atoms with van der Waals surface area (Å²) in [5.41, 5.74) is -0.454. The number of halogens is 1. The van der Waals surface area contributed by atoms with Gasteiger partial charge in [0.25, 0.3) is 5.69 Å². The summed E-state index contributed by atoms with van der Waals surface area (Å²) < 4.78 is 17.5. The zero-order valence-electron chi connectivity index (χ0n) is 9.42. The molecule has 1 unspecified atom stereocenters. The van der Waals surface area contributed by atoms with E-state index in [-0.39, 0.29) is 5.69 Å². The van der Waals surface area contributed by atoms with Gasteiger partial charge >= 0.3 is 5.97 Å². The number of nitro benzene ring substituents is 1. The van der Waals surface area contributed by atoms with E-state index in [1.165, 1.54) is 0 Å². The zero-order valence-corrected chi connectivity index (χ0v) is 9.42. The summed E-state index contributed by atoms with van der Waals surface area (Å²) in [6, 6.07) is 1.65. The fourth-order valence-electron chi connectivity index (χ4n) is 1.29. The van der Waals surface area contributed by atoms with Gasteiger partial charge in [0.15, 0.2) is 0 Å². The van der Waals surface area contributed by atoms with Crippen LogP contribution in [-0.2, 0) is 9.53 Å². The van der Waals surface area contributed by atoms with E-state index < -0.39 is 35.0 Å². The van der Waals surface area contributed by atoms with Gasteiger partial charge < -0.3 is 15.2 Å². The van der Waals surface area contributed by atoms with Crippen molar-refractivity contribution in [1.29, 1.82) is 0 Å². The summed E-state index contributed by atoms with van der Waals surface area (Å²) in [7, 11) is 1.13. The Labute approximate surface area is 101 Å². The summed E-state index contributed by atoms with van der Waals surface area (Å²) in [5, 5.41) is 21.9. The quantitative estimate of drug-likeness (QED) is 0.457. The molecule has 0 saturated heterocycles. The molecule has 0 amide bonds. The second-order valence-electron chi connectivity index (χ2n) is 3.36. The molecule has 0 bridgehead atoms. The van der Waals surface area contributed by atoms with Crippen molar-refractivity contribution in [3.05, 3.63) is 34.1 Å². The van der Waals surface area contributed by atoms with Crippen LogP contribution in [0.2, 0.25) is 0 Å². The number of benzene rings is 1. The third-order valence-electron chi connectivity index (χ3n) is 2.10. The minimum Gasteiger partial charge on any atom is -0.467 e. The van der Waals surface area contributed by atoms with Crippen LogP contribution in [0.15, 0.2) is 18.2 Å². The second-order valence-corrected chi connectivity index (χ2v) is 3.36. The van der Waals surface area contributed by atoms with Crippen LogP contribution in [0.5, 0.6) is 0 Å². The van der Waals surface area contributed by atoms with Gasteiger partial charge in [-0.05, 0) is 6.07 Å². The molecule has 7 nitrogen and oxygen atoms in total. The van der Waals surface area contributed by atoms with E-state index in [9.17, 15) is 19.3 Å². The van der Waals surface area contributed by atoms with Gasteiger partial charge in [0, 0.05) is 11.8 Å². The van der Waals surface area contributed by atoms with Crippen molar-refractivity contribution in [3.63, 3.8) is 0 Å². The van der Waals surface area contributed by atoms with Crippen molar-refractivity contribution in [3.8, 4) is 0 Å². The molecular weight excluding hydrogens is 247 g/mol. The van der Waals surface area contributed by atoms with E-state index >= 15 is 0 Å². The summed E-state index contributed by atoms with van der Waals surface area (Å²) >= 11 is 0. The number of rotatable bonds is 5. The minimum atomic E-state index is -1.11. The Kier molecular flexibility index (Phi) is 4.55. The highest BCUT2D eigenvalue weighted by molar-refractivity contribution is 5.79. The lowest BCUT2D eigenvalue weighted by Crippen LogP contribution is -2.34. The van der Waals surface area contributed by atoms with Crippen molar-refractivity contribution >= 4 is 17.3 Å². The molecule has 0 aliphatic rings. The van der Waals surface area contributed by atoms with E-state index in [1.807, 2.05) is 0 Å². The lowest BCUT2D eigenvalue weighted by Gasteiger charge is -2.14. The number of carbonyl (C=O) groups is 1. The predicted molar refractivity (Wildman–Crippen MR) is 59.6 cm³/mol. The van der Waals surface area contributed by atoms with E-state index in [0.717, 1.165) is 25.3 Å². The van der Waals surface area contributed by atoms with Crippen LogP contribution in [0, 0.1) is 15.9 Å². The predicted octanol–water partition coefficient (Wildman–Crippen LogP) is 0.680. The van der Waals surface area contributed by atoms with Crippen LogP contribution in [-0.4, -0.2) is 35.8 Å². The lowest BCUT2D eigenvalue weighted by molar-refractivity contribution is -0.385. The highest BCUT2D eigenvalue weighted by Gasteiger charge is 2.19. The molecule has 1 rings (SSSR count). The summed E-state index contributed by atoms with van der Waals surface area (Å²) in [4.78, 5) is 20.9. The first kappa shape index (κ1) is 13.8. The average molecular weight is 258 g/mol. The first-order valence-electron chi connectivity index (χ1n) is 4.88. The van der Waals surface area contributed by atoms with E-state index in [0.29, 0.717) is 0 Å². The molecule has 2 N–H and O–H groups in total. The molecule has 0 saturated carbocycles. The number of aliphatic hydroxyl groups excluding tert-OH is 1. The molecule has 0 fully saturated rings. The largest absolute Gasteiger partial charge is 0.467 e. The molecule has 1 aromatic carbocycles. The number of ether oxygens (including phenoxy) is 1. The number of nitro groups is 1. The second kappa shape index (κ2) is 5.92. The Bertz CT molecular complexity index is 466. The Morgan fingerprint density at radius 3 is 2.78 bits per heavy atom. The summed E-state index contributed by atoms with van der Waals surface area (Å²) in [5.74, 6) is -1.59. The molecule has 0 aliphatic carbocycles. The standard InChI is InChI=1S/C10H11FN2O5/c1-18-10(15)9(5-14)12-7-2-6(11)3-8(4-7)13(16)17/h2-4,9,12,14H,5H2,1H3. The van der Waals surface area contributed by atoms with E-state index in [1.54, 1.807) is 0 Å². The fourth-order valence-corrected chi connectivity index (χ4v) is 1.29. The van der Waals surface area contributed by atoms with E-state index in [4.69, 9.17) is 5.11 Å². The number of methoxy groups -OCH3 is 1. The van der Waals surface area contributed by atoms with Gasteiger partial charge in [-0.25, -0.2) is 9.18 Å². The van der Waals surface area contributed by atoms with Crippen molar-refractivity contribution in [2.75, 3.05) is 19.0 Å². The number of nitrogens with one attached hydrogen (secondary N) is 1. The zero-order chi connectivity index (χ0) is 13.7. The van der Waals surface area contributed by atoms with Gasteiger partial charge in [-0.3, -0.25) is 10.1 Å². The van der Waals surface area contributed by atoms with Gasteiger partial charge in [0.1, 0.15) is 11.9 Å². The van der Waals surface area contributed by atoms with Gasteiger partial charge in [0.05, 0.1) is 24.7 Å². The Morgan fingerprint density at radius 1 is 1.61 bits per heavy atom. The van der Waals surface area contributed by atoms with Crippen LogP contribution in [0.4, 0.5) is 15.8 Å². The monoisotopic (exact) mass is 258 g/mol. The molecule has 0 aliphatic heterocycles. The van der Waals surface area contributed by atoms with Crippen LogP contribution in [0.3, 0.4) is 0 Å². The third-order valence-corrected chi connectivity index (χ3v) is 2.10. The molecule has 1 aromatic rings. The fraction of sp³-hybridized carbons (Fsp3) is 0.300. The molecule has 8 heteroatoms. The Morgan fingerprint density at radius 2 is 2.28 bits per heavy atom. The molecule has 0 heterocycles. The normalized spacial score (nSPS) is 11.7. The highest BCUT2D eigenvalue weighted by atomic mass is 19.1.